The number of rotatable bonds is 4. The van der Waals surface area contributed by atoms with E-state index in [2.05, 4.69) is 19.2 Å². The van der Waals surface area contributed by atoms with E-state index < -0.39 is 0 Å². The Balaban J connectivity index is 1.80. The zero-order chi connectivity index (χ0) is 14.3. The predicted molar refractivity (Wildman–Crippen MR) is 78.4 cm³/mol. The van der Waals surface area contributed by atoms with Crippen molar-refractivity contribution in [2.45, 2.75) is 38.8 Å². The number of nitrogens with two attached hydrogens (primary N) is 1. The molecule has 0 radical (unpaired) electrons. The van der Waals surface area contributed by atoms with Crippen molar-refractivity contribution in [2.24, 2.45) is 17.1 Å². The van der Waals surface area contributed by atoms with Crippen LogP contribution in [0.3, 0.4) is 0 Å². The minimum Gasteiger partial charge on any atom is -0.381 e. The van der Waals surface area contributed by atoms with Crippen LogP contribution >= 0.6 is 0 Å². The number of hydrogen-bond acceptors (Lipinski definition) is 3. The molecule has 2 aliphatic rings. The summed E-state index contributed by atoms with van der Waals surface area (Å²) < 4.78 is 5.82. The van der Waals surface area contributed by atoms with E-state index in [1.807, 2.05) is 24.3 Å². The first-order chi connectivity index (χ1) is 9.50. The quantitative estimate of drug-likeness (QED) is 0.882. The fourth-order valence-corrected chi connectivity index (χ4v) is 3.79. The number of carbonyl (C=O) groups excluding carboxylic acids is 1. The molecule has 1 amide bonds. The topological polar surface area (TPSA) is 64.3 Å². The average molecular weight is 274 g/mol. The fourth-order valence-electron chi connectivity index (χ4n) is 3.79. The molecular formula is C16H22N2O2. The molecule has 0 spiro atoms. The minimum atomic E-state index is -0.297. The molecule has 3 N–H and O–H groups in total. The van der Waals surface area contributed by atoms with Gasteiger partial charge in [0.05, 0.1) is 12.5 Å². The summed E-state index contributed by atoms with van der Waals surface area (Å²) in [5.41, 5.74) is 7.44. The molecule has 4 heteroatoms. The highest BCUT2D eigenvalue weighted by Gasteiger charge is 2.59. The van der Waals surface area contributed by atoms with Gasteiger partial charge in [-0.1, -0.05) is 32.0 Å². The summed E-state index contributed by atoms with van der Waals surface area (Å²) in [4.78, 5) is 11.2. The second-order valence-corrected chi connectivity index (χ2v) is 6.49. The van der Waals surface area contributed by atoms with Crippen LogP contribution in [0, 0.1) is 11.3 Å². The Kier molecular flexibility index (Phi) is 3.21. The molecule has 0 bridgehead atoms. The number of nitrogens with one attached hydrogen (secondary N) is 1. The molecule has 3 atom stereocenters. The highest BCUT2D eigenvalue weighted by atomic mass is 16.5. The SMILES string of the molecule is CC1(C)C(Nc2ccccc2CC(N)=O)C2CCOC21. The molecule has 3 rings (SSSR count). The molecular weight excluding hydrogens is 252 g/mol. The second kappa shape index (κ2) is 4.77. The molecule has 1 saturated carbocycles. The Hall–Kier alpha value is -1.55. The number of hydrogen-bond donors (Lipinski definition) is 2. The van der Waals surface area contributed by atoms with Gasteiger partial charge in [-0.05, 0) is 18.1 Å². The van der Waals surface area contributed by atoms with Gasteiger partial charge in [0.1, 0.15) is 0 Å². The number of fused-ring (bicyclic) bond motifs is 1. The van der Waals surface area contributed by atoms with Crippen molar-refractivity contribution >= 4 is 11.6 Å². The normalized spacial score (nSPS) is 30.4. The maximum atomic E-state index is 11.2. The summed E-state index contributed by atoms with van der Waals surface area (Å²) >= 11 is 0. The van der Waals surface area contributed by atoms with E-state index in [4.69, 9.17) is 10.5 Å². The van der Waals surface area contributed by atoms with Crippen molar-refractivity contribution in [3.05, 3.63) is 29.8 Å². The van der Waals surface area contributed by atoms with Crippen molar-refractivity contribution in [1.29, 1.82) is 0 Å². The summed E-state index contributed by atoms with van der Waals surface area (Å²) in [6.07, 6.45) is 1.76. The number of ether oxygens (including phenoxy) is 1. The van der Waals surface area contributed by atoms with Crippen LogP contribution < -0.4 is 11.1 Å². The molecule has 2 fully saturated rings. The number of carbonyl (C=O) groups is 1. The van der Waals surface area contributed by atoms with Gasteiger partial charge in [-0.3, -0.25) is 4.79 Å². The third-order valence-corrected chi connectivity index (χ3v) is 4.79. The van der Waals surface area contributed by atoms with Gasteiger partial charge >= 0.3 is 0 Å². The van der Waals surface area contributed by atoms with Crippen molar-refractivity contribution in [3.63, 3.8) is 0 Å². The Morgan fingerprint density at radius 2 is 2.20 bits per heavy atom. The third-order valence-electron chi connectivity index (χ3n) is 4.79. The van der Waals surface area contributed by atoms with Gasteiger partial charge in [0, 0.05) is 29.7 Å². The first-order valence-electron chi connectivity index (χ1n) is 7.24. The van der Waals surface area contributed by atoms with E-state index in [1.54, 1.807) is 0 Å². The first kappa shape index (κ1) is 13.4. The van der Waals surface area contributed by atoms with E-state index in [1.165, 1.54) is 0 Å². The van der Waals surface area contributed by atoms with Crippen LogP contribution in [-0.4, -0.2) is 24.7 Å². The van der Waals surface area contributed by atoms with Crippen molar-refractivity contribution in [2.75, 3.05) is 11.9 Å². The standard InChI is InChI=1S/C16H22N2O2/c1-16(2)14(11-7-8-20-15(11)16)18-12-6-4-3-5-10(12)9-13(17)19/h3-6,11,14-15,18H,7-9H2,1-2H3,(H2,17,19). The van der Waals surface area contributed by atoms with Crippen LogP contribution in [0.15, 0.2) is 24.3 Å². The van der Waals surface area contributed by atoms with Crippen LogP contribution in [0.5, 0.6) is 0 Å². The number of benzene rings is 1. The summed E-state index contributed by atoms with van der Waals surface area (Å²) in [6.45, 7) is 5.35. The fraction of sp³-hybridized carbons (Fsp3) is 0.562. The van der Waals surface area contributed by atoms with E-state index in [9.17, 15) is 4.79 Å². The van der Waals surface area contributed by atoms with Crippen LogP contribution in [0.2, 0.25) is 0 Å². The molecule has 20 heavy (non-hydrogen) atoms. The molecule has 3 unspecified atom stereocenters. The molecule has 1 saturated heterocycles. The van der Waals surface area contributed by atoms with Gasteiger partial charge in [0.15, 0.2) is 0 Å². The van der Waals surface area contributed by atoms with Crippen molar-refractivity contribution in [3.8, 4) is 0 Å². The smallest absolute Gasteiger partial charge is 0.221 e. The van der Waals surface area contributed by atoms with Gasteiger partial charge in [0.2, 0.25) is 5.91 Å². The number of primary amides is 1. The van der Waals surface area contributed by atoms with Gasteiger partial charge in [-0.15, -0.1) is 0 Å². The molecule has 4 nitrogen and oxygen atoms in total. The number of anilines is 1. The van der Waals surface area contributed by atoms with Gasteiger partial charge < -0.3 is 15.8 Å². The van der Waals surface area contributed by atoms with E-state index >= 15 is 0 Å². The maximum Gasteiger partial charge on any atom is 0.221 e. The molecule has 1 heterocycles. The lowest BCUT2D eigenvalue weighted by Crippen LogP contribution is -2.63. The maximum absolute atomic E-state index is 11.2. The lowest BCUT2D eigenvalue weighted by atomic mass is 9.57. The van der Waals surface area contributed by atoms with Crippen LogP contribution in [0.1, 0.15) is 25.8 Å². The molecule has 1 aliphatic heterocycles. The Morgan fingerprint density at radius 3 is 2.95 bits per heavy atom. The molecule has 1 aromatic rings. The Bertz CT molecular complexity index is 527. The Morgan fingerprint density at radius 1 is 1.45 bits per heavy atom. The molecule has 1 aromatic carbocycles. The third kappa shape index (κ3) is 2.08. The average Bonchev–Trinajstić information content (AvgIpc) is 2.83. The molecule has 0 aromatic heterocycles. The zero-order valence-electron chi connectivity index (χ0n) is 12.1. The van der Waals surface area contributed by atoms with Crippen molar-refractivity contribution in [1.82, 2.24) is 0 Å². The van der Waals surface area contributed by atoms with Crippen LogP contribution in [-0.2, 0) is 16.0 Å². The number of para-hydroxylation sites is 1. The van der Waals surface area contributed by atoms with Crippen molar-refractivity contribution < 1.29 is 9.53 Å². The van der Waals surface area contributed by atoms with E-state index in [-0.39, 0.29) is 17.7 Å². The van der Waals surface area contributed by atoms with Crippen LogP contribution in [0.4, 0.5) is 5.69 Å². The molecule has 108 valence electrons. The lowest BCUT2D eigenvalue weighted by molar-refractivity contribution is -0.117. The zero-order valence-corrected chi connectivity index (χ0v) is 12.1. The highest BCUT2D eigenvalue weighted by molar-refractivity contribution is 5.78. The van der Waals surface area contributed by atoms with Crippen LogP contribution in [0.25, 0.3) is 0 Å². The van der Waals surface area contributed by atoms with Gasteiger partial charge in [-0.25, -0.2) is 0 Å². The Labute approximate surface area is 119 Å². The predicted octanol–water partition coefficient (Wildman–Crippen LogP) is 1.94. The largest absolute Gasteiger partial charge is 0.381 e. The second-order valence-electron chi connectivity index (χ2n) is 6.49. The minimum absolute atomic E-state index is 0.126. The monoisotopic (exact) mass is 274 g/mol. The first-order valence-corrected chi connectivity index (χ1v) is 7.24. The van der Waals surface area contributed by atoms with E-state index in [0.29, 0.717) is 18.1 Å². The van der Waals surface area contributed by atoms with Gasteiger partial charge in [0.25, 0.3) is 0 Å². The summed E-state index contributed by atoms with van der Waals surface area (Å²) in [5, 5.41) is 3.63. The molecule has 1 aliphatic carbocycles. The van der Waals surface area contributed by atoms with E-state index in [0.717, 1.165) is 24.3 Å². The number of amides is 1. The van der Waals surface area contributed by atoms with Gasteiger partial charge in [-0.2, -0.15) is 0 Å². The highest BCUT2D eigenvalue weighted by Crippen LogP contribution is 2.53. The summed E-state index contributed by atoms with van der Waals surface area (Å²) in [6, 6.07) is 8.31. The lowest BCUT2D eigenvalue weighted by Gasteiger charge is -2.55. The summed E-state index contributed by atoms with van der Waals surface area (Å²) in [5.74, 6) is 0.279. The summed E-state index contributed by atoms with van der Waals surface area (Å²) in [7, 11) is 0.